The monoisotopic (exact) mass is 466 g/mol. The Labute approximate surface area is 189 Å². The first-order chi connectivity index (χ1) is 14.5. The maximum atomic E-state index is 10.9. The van der Waals surface area contributed by atoms with E-state index in [1.54, 1.807) is 22.9 Å². The van der Waals surface area contributed by atoms with Gasteiger partial charge in [-0.05, 0) is 43.3 Å². The number of aromatic amines is 1. The summed E-state index contributed by atoms with van der Waals surface area (Å²) in [4.78, 5) is 13.5. The average Bonchev–Trinajstić information content (AvgIpc) is 3.16. The molecule has 2 aliphatic heterocycles. The Hall–Kier alpha value is -1.15. The summed E-state index contributed by atoms with van der Waals surface area (Å²) in [5.74, 6) is 0.750. The van der Waals surface area contributed by atoms with Crippen molar-refractivity contribution in [3.63, 3.8) is 0 Å². The van der Waals surface area contributed by atoms with Gasteiger partial charge in [0, 0.05) is 35.4 Å². The van der Waals surface area contributed by atoms with Crippen molar-refractivity contribution >= 4 is 48.1 Å². The molecule has 3 atom stereocenters. The van der Waals surface area contributed by atoms with Crippen molar-refractivity contribution in [3.05, 3.63) is 56.2 Å². The van der Waals surface area contributed by atoms with E-state index in [9.17, 15) is 4.79 Å². The van der Waals surface area contributed by atoms with E-state index in [-0.39, 0.29) is 24.3 Å². The number of aromatic nitrogens is 2. The molecule has 1 aromatic carbocycles. The molecule has 0 spiro atoms. The molecule has 4 rings (SSSR count). The number of fused-ring (bicyclic) bond motifs is 1. The minimum Gasteiger partial charge on any atom is -0.426 e. The van der Waals surface area contributed by atoms with Crippen molar-refractivity contribution in [2.75, 3.05) is 6.51 Å². The summed E-state index contributed by atoms with van der Waals surface area (Å²) in [5.41, 5.74) is 0.727. The molecule has 2 aromatic rings. The number of nitrogens with zero attached hydrogens (tertiary/aromatic N) is 1. The predicted molar refractivity (Wildman–Crippen MR) is 122 cm³/mol. The number of hydrogen-bond acceptors (Lipinski definition) is 6. The van der Waals surface area contributed by atoms with Crippen LogP contribution in [0.15, 0.2) is 35.3 Å². The van der Waals surface area contributed by atoms with Crippen molar-refractivity contribution in [1.82, 2.24) is 9.55 Å². The first-order valence-electron chi connectivity index (χ1n) is 9.41. The molecule has 0 aliphatic carbocycles. The highest BCUT2D eigenvalue weighted by atomic mass is 35.5. The van der Waals surface area contributed by atoms with Gasteiger partial charge in [-0.15, -0.1) is 0 Å². The van der Waals surface area contributed by atoms with Crippen LogP contribution in [0.3, 0.4) is 0 Å². The Morgan fingerprint density at radius 3 is 2.77 bits per heavy atom. The molecule has 2 unspecified atom stereocenters. The predicted octanol–water partition coefficient (Wildman–Crippen LogP) is 4.35. The lowest BCUT2D eigenvalue weighted by molar-refractivity contribution is 0.0354. The van der Waals surface area contributed by atoms with E-state index in [2.05, 4.69) is 4.98 Å². The highest BCUT2D eigenvalue weighted by molar-refractivity contribution is 7.71. The third-order valence-electron chi connectivity index (χ3n) is 3.89. The van der Waals surface area contributed by atoms with Gasteiger partial charge in [-0.25, -0.2) is 0 Å². The third-order valence-corrected chi connectivity index (χ3v) is 5.49. The van der Waals surface area contributed by atoms with Crippen molar-refractivity contribution < 1.29 is 18.3 Å². The van der Waals surface area contributed by atoms with Crippen LogP contribution < -0.4 is 10.1 Å². The molecule has 7 nitrogen and oxygen atoms in total. The van der Waals surface area contributed by atoms with Gasteiger partial charge in [0.1, 0.15) is 27.7 Å². The van der Waals surface area contributed by atoms with Crippen LogP contribution in [0.5, 0.6) is 5.75 Å². The second-order valence-electron chi connectivity index (χ2n) is 5.86. The van der Waals surface area contributed by atoms with Crippen LogP contribution in [0.1, 0.15) is 38.5 Å². The fourth-order valence-corrected chi connectivity index (χ4v) is 3.97. The van der Waals surface area contributed by atoms with Gasteiger partial charge < -0.3 is 13.8 Å². The summed E-state index contributed by atoms with van der Waals surface area (Å²) in [5, 5.41) is 0.668. The summed E-state index contributed by atoms with van der Waals surface area (Å²) < 4.78 is 23.2. The SMILES string of the molecule is CC.[B]COP1OCc2cc(Cl)ccc2O1.[B][C@@H]1CCC(n2ccc(=O)[nH]c2=S)O1. The Morgan fingerprint density at radius 2 is 2.13 bits per heavy atom. The summed E-state index contributed by atoms with van der Waals surface area (Å²) in [7, 11) is 9.48. The van der Waals surface area contributed by atoms with Gasteiger partial charge in [0.15, 0.2) is 4.77 Å². The summed E-state index contributed by atoms with van der Waals surface area (Å²) in [6, 6.07) is 6.57. The van der Waals surface area contributed by atoms with Crippen molar-refractivity contribution in [2.24, 2.45) is 0 Å². The standard InChI is InChI=1S/C8H7BClO3P.C8H9BN2O2S.C2H6/c9-5-12-14-11-4-6-3-7(10)1-2-8(6)13-14;9-5-1-2-7(13-5)11-4-3-6(12)10-8(11)14;1-2/h1-3H,4-5H2;3-5,7H,1-2H2,(H,10,12,14);1-2H3/t;5-,7?;/m.0./s1. The third kappa shape index (κ3) is 7.22. The van der Waals surface area contributed by atoms with E-state index in [1.807, 2.05) is 19.9 Å². The molecule has 1 fully saturated rings. The van der Waals surface area contributed by atoms with Crippen molar-refractivity contribution in [3.8, 4) is 5.75 Å². The van der Waals surface area contributed by atoms with Crippen LogP contribution in [0.4, 0.5) is 0 Å². The molecule has 3 heterocycles. The number of nitrogens with one attached hydrogen (secondary N) is 1. The second-order valence-corrected chi connectivity index (χ2v) is 7.83. The molecule has 1 saturated heterocycles. The lowest BCUT2D eigenvalue weighted by atomic mass is 9.98. The lowest BCUT2D eigenvalue weighted by Crippen LogP contribution is -2.16. The molecular formula is C18H22B2ClN2O5PS. The first kappa shape index (κ1) is 25.1. The zero-order valence-electron chi connectivity index (χ0n) is 16.7. The summed E-state index contributed by atoms with van der Waals surface area (Å²) >= 11 is 10.8. The molecule has 30 heavy (non-hydrogen) atoms. The Morgan fingerprint density at radius 1 is 1.37 bits per heavy atom. The smallest absolute Gasteiger partial charge is 0.396 e. The van der Waals surface area contributed by atoms with Gasteiger partial charge in [-0.3, -0.25) is 18.9 Å². The quantitative estimate of drug-likeness (QED) is 0.412. The van der Waals surface area contributed by atoms with E-state index in [4.69, 9.17) is 57.8 Å². The van der Waals surface area contributed by atoms with Crippen LogP contribution in [0.2, 0.25) is 5.02 Å². The van der Waals surface area contributed by atoms with Gasteiger partial charge >= 0.3 is 8.60 Å². The molecule has 0 amide bonds. The van der Waals surface area contributed by atoms with E-state index in [0.29, 0.717) is 16.4 Å². The van der Waals surface area contributed by atoms with Gasteiger partial charge in [0.2, 0.25) is 0 Å². The van der Waals surface area contributed by atoms with Crippen LogP contribution >= 0.6 is 32.4 Å². The van der Waals surface area contributed by atoms with Crippen LogP contribution in [-0.4, -0.2) is 37.8 Å². The highest BCUT2D eigenvalue weighted by Gasteiger charge is 2.23. The maximum absolute atomic E-state index is 10.9. The second kappa shape index (κ2) is 12.6. The zero-order valence-corrected chi connectivity index (χ0v) is 19.2. The number of halogens is 1. The molecule has 0 saturated carbocycles. The zero-order chi connectivity index (χ0) is 22.1. The topological polar surface area (TPSA) is 74.7 Å². The van der Waals surface area contributed by atoms with E-state index < -0.39 is 8.60 Å². The number of ether oxygens (including phenoxy) is 1. The van der Waals surface area contributed by atoms with Crippen LogP contribution in [-0.2, 0) is 20.4 Å². The first-order valence-corrected chi connectivity index (χ1v) is 11.3. The largest absolute Gasteiger partial charge is 0.426 e. The number of H-pyrrole nitrogens is 1. The Bertz CT molecular complexity index is 932. The Kier molecular flexibility index (Phi) is 10.6. The highest BCUT2D eigenvalue weighted by Crippen LogP contribution is 2.47. The van der Waals surface area contributed by atoms with Gasteiger partial charge in [-0.2, -0.15) is 0 Å². The number of rotatable bonds is 3. The van der Waals surface area contributed by atoms with Gasteiger partial charge in [0.05, 0.1) is 6.61 Å². The van der Waals surface area contributed by atoms with Gasteiger partial charge in [0.25, 0.3) is 5.56 Å². The van der Waals surface area contributed by atoms with E-state index in [0.717, 1.165) is 24.2 Å². The number of hydrogen-bond donors (Lipinski definition) is 1. The minimum absolute atomic E-state index is 0.0919. The molecule has 2 aliphatic rings. The average molecular weight is 467 g/mol. The minimum atomic E-state index is -1.34. The molecule has 4 radical (unpaired) electrons. The fraction of sp³-hybridized carbons (Fsp3) is 0.444. The van der Waals surface area contributed by atoms with Gasteiger partial charge in [-0.1, -0.05) is 25.4 Å². The molecule has 1 N–H and O–H groups in total. The molecular weight excluding hydrogens is 444 g/mol. The van der Waals surface area contributed by atoms with Crippen LogP contribution in [0.25, 0.3) is 0 Å². The molecule has 12 heteroatoms. The lowest BCUT2D eigenvalue weighted by Gasteiger charge is -2.23. The molecule has 1 aromatic heterocycles. The normalized spacial score (nSPS) is 21.9. The maximum Gasteiger partial charge on any atom is 0.396 e. The molecule has 0 bridgehead atoms. The fourth-order valence-electron chi connectivity index (χ4n) is 2.61. The van der Waals surface area contributed by atoms with E-state index in [1.165, 1.54) is 6.07 Å². The van der Waals surface area contributed by atoms with Crippen LogP contribution in [0, 0.1) is 4.77 Å². The van der Waals surface area contributed by atoms with E-state index >= 15 is 0 Å². The Balaban J connectivity index is 0.000000197. The summed E-state index contributed by atoms with van der Waals surface area (Å²) in [6.45, 7) is 4.54. The number of benzene rings is 1. The molecule has 158 valence electrons. The van der Waals surface area contributed by atoms with Crippen molar-refractivity contribution in [2.45, 2.75) is 45.5 Å². The summed E-state index contributed by atoms with van der Waals surface area (Å²) in [6.07, 6.45) is 3.12. The van der Waals surface area contributed by atoms with Crippen molar-refractivity contribution in [1.29, 1.82) is 0 Å².